The first-order chi connectivity index (χ1) is 9.31. The fraction of sp³-hybridized carbons (Fsp3) is 0.231. The van der Waals surface area contributed by atoms with Gasteiger partial charge < -0.3 is 19.4 Å². The molecule has 0 spiro atoms. The predicted octanol–water partition coefficient (Wildman–Crippen LogP) is 2.13. The Morgan fingerprint density at radius 3 is 2.95 bits per heavy atom. The lowest BCUT2D eigenvalue weighted by atomic mass is 10.2. The molecule has 6 nitrogen and oxygen atoms in total. The van der Waals surface area contributed by atoms with Crippen LogP contribution in [-0.2, 0) is 4.74 Å². The summed E-state index contributed by atoms with van der Waals surface area (Å²) in [4.78, 5) is 4.24. The molecule has 1 atom stereocenters. The van der Waals surface area contributed by atoms with Crippen LogP contribution in [0, 0.1) is 0 Å². The van der Waals surface area contributed by atoms with Crippen molar-refractivity contribution in [2.75, 3.05) is 13.7 Å². The van der Waals surface area contributed by atoms with Crippen LogP contribution in [0.5, 0.6) is 0 Å². The summed E-state index contributed by atoms with van der Waals surface area (Å²) in [6.45, 7) is 0.276. The number of hydrogen-bond donors (Lipinski definition) is 1. The van der Waals surface area contributed by atoms with Gasteiger partial charge in [-0.3, -0.25) is 0 Å². The van der Waals surface area contributed by atoms with Crippen LogP contribution in [0.1, 0.15) is 12.0 Å². The summed E-state index contributed by atoms with van der Waals surface area (Å²) in [7, 11) is 1.54. The molecule has 98 valence electrons. The standard InChI is InChI=1S/C13H13N3O3/c1-17-11(7-14)13-15-12(16-19-13)10-6-8-4-2-3-5-9(8)18-10/h2-6,11H,7,14H2,1H3. The molecule has 1 unspecified atom stereocenters. The first-order valence-corrected chi connectivity index (χ1v) is 5.87. The second-order valence-electron chi connectivity index (χ2n) is 4.06. The number of benzene rings is 1. The van der Waals surface area contributed by atoms with Crippen LogP contribution in [0.4, 0.5) is 0 Å². The van der Waals surface area contributed by atoms with Gasteiger partial charge in [0.05, 0.1) is 0 Å². The molecule has 0 saturated heterocycles. The zero-order valence-corrected chi connectivity index (χ0v) is 10.4. The molecule has 0 saturated carbocycles. The molecule has 0 amide bonds. The molecule has 3 rings (SSSR count). The van der Waals surface area contributed by atoms with Gasteiger partial charge in [-0.05, 0) is 12.1 Å². The van der Waals surface area contributed by atoms with Gasteiger partial charge in [0.1, 0.15) is 11.7 Å². The largest absolute Gasteiger partial charge is 0.453 e. The smallest absolute Gasteiger partial charge is 0.257 e. The summed E-state index contributed by atoms with van der Waals surface area (Å²) in [5.41, 5.74) is 6.33. The molecule has 2 N–H and O–H groups in total. The molecule has 0 radical (unpaired) electrons. The van der Waals surface area contributed by atoms with Crippen molar-refractivity contribution in [1.82, 2.24) is 10.1 Å². The van der Waals surface area contributed by atoms with Gasteiger partial charge in [0.2, 0.25) is 5.82 Å². The Kier molecular flexibility index (Phi) is 3.02. The van der Waals surface area contributed by atoms with Crippen molar-refractivity contribution in [1.29, 1.82) is 0 Å². The van der Waals surface area contributed by atoms with Crippen molar-refractivity contribution < 1.29 is 13.7 Å². The Hall–Kier alpha value is -2.18. The number of fused-ring (bicyclic) bond motifs is 1. The van der Waals surface area contributed by atoms with Crippen LogP contribution in [-0.4, -0.2) is 23.8 Å². The van der Waals surface area contributed by atoms with Crippen LogP contribution < -0.4 is 5.73 Å². The molecule has 0 fully saturated rings. The maximum absolute atomic E-state index is 5.66. The average molecular weight is 259 g/mol. The predicted molar refractivity (Wildman–Crippen MR) is 68.3 cm³/mol. The Morgan fingerprint density at radius 2 is 2.21 bits per heavy atom. The summed E-state index contributed by atoms with van der Waals surface area (Å²) in [6.07, 6.45) is -0.398. The number of methoxy groups -OCH3 is 1. The second kappa shape index (κ2) is 4.83. The van der Waals surface area contributed by atoms with E-state index in [1.165, 1.54) is 0 Å². The number of para-hydroxylation sites is 1. The van der Waals surface area contributed by atoms with Crippen LogP contribution in [0.2, 0.25) is 0 Å². The molecule has 0 aliphatic rings. The van der Waals surface area contributed by atoms with Gasteiger partial charge in [-0.15, -0.1) is 0 Å². The van der Waals surface area contributed by atoms with Crippen LogP contribution in [0.15, 0.2) is 39.3 Å². The highest BCUT2D eigenvalue weighted by atomic mass is 16.5. The highest BCUT2D eigenvalue weighted by molar-refractivity contribution is 5.81. The third-order valence-electron chi connectivity index (χ3n) is 2.86. The van der Waals surface area contributed by atoms with E-state index in [1.807, 2.05) is 30.3 Å². The number of ether oxygens (including phenoxy) is 1. The number of rotatable bonds is 4. The number of furan rings is 1. The van der Waals surface area contributed by atoms with E-state index in [0.29, 0.717) is 17.5 Å². The van der Waals surface area contributed by atoms with E-state index in [0.717, 1.165) is 11.0 Å². The second-order valence-corrected chi connectivity index (χ2v) is 4.06. The van der Waals surface area contributed by atoms with Crippen molar-refractivity contribution in [2.45, 2.75) is 6.10 Å². The summed E-state index contributed by atoms with van der Waals surface area (Å²) in [5, 5.41) is 4.87. The molecule has 0 aliphatic heterocycles. The summed E-state index contributed by atoms with van der Waals surface area (Å²) in [6, 6.07) is 9.57. The van der Waals surface area contributed by atoms with Crippen molar-refractivity contribution in [3.8, 4) is 11.6 Å². The Bertz CT molecular complexity index is 652. The van der Waals surface area contributed by atoms with E-state index in [-0.39, 0.29) is 6.54 Å². The zero-order valence-electron chi connectivity index (χ0n) is 10.4. The minimum atomic E-state index is -0.398. The third-order valence-corrected chi connectivity index (χ3v) is 2.86. The Labute approximate surface area is 109 Å². The first kappa shape index (κ1) is 11.9. The van der Waals surface area contributed by atoms with Crippen molar-refractivity contribution in [3.05, 3.63) is 36.2 Å². The van der Waals surface area contributed by atoms with Crippen LogP contribution in [0.25, 0.3) is 22.6 Å². The molecule has 2 aromatic heterocycles. The zero-order chi connectivity index (χ0) is 13.2. The molecule has 1 aromatic carbocycles. The van der Waals surface area contributed by atoms with E-state index in [1.54, 1.807) is 7.11 Å². The number of nitrogens with zero attached hydrogens (tertiary/aromatic N) is 2. The van der Waals surface area contributed by atoms with Crippen LogP contribution in [0.3, 0.4) is 0 Å². The monoisotopic (exact) mass is 259 g/mol. The van der Waals surface area contributed by atoms with E-state index in [2.05, 4.69) is 10.1 Å². The normalized spacial score (nSPS) is 12.9. The SMILES string of the molecule is COC(CN)c1nc(-c2cc3ccccc3o2)no1. The lowest BCUT2D eigenvalue weighted by Gasteiger charge is -2.05. The van der Waals surface area contributed by atoms with Gasteiger partial charge in [0.15, 0.2) is 5.76 Å². The van der Waals surface area contributed by atoms with Crippen LogP contribution >= 0.6 is 0 Å². The molecule has 0 aliphatic carbocycles. The van der Waals surface area contributed by atoms with Gasteiger partial charge >= 0.3 is 0 Å². The highest BCUT2D eigenvalue weighted by Crippen LogP contribution is 2.26. The molecule has 6 heteroatoms. The Morgan fingerprint density at radius 1 is 1.37 bits per heavy atom. The molecular formula is C13H13N3O3. The fourth-order valence-electron chi connectivity index (χ4n) is 1.86. The number of aromatic nitrogens is 2. The van der Waals surface area contributed by atoms with Gasteiger partial charge in [0, 0.05) is 19.0 Å². The maximum Gasteiger partial charge on any atom is 0.257 e. The molecule has 0 bridgehead atoms. The van der Waals surface area contributed by atoms with Gasteiger partial charge in [-0.25, -0.2) is 0 Å². The lowest BCUT2D eigenvalue weighted by Crippen LogP contribution is -2.14. The van der Waals surface area contributed by atoms with Crippen molar-refractivity contribution in [2.24, 2.45) is 5.73 Å². The molecule has 2 heterocycles. The summed E-state index contributed by atoms with van der Waals surface area (Å²) in [5.74, 6) is 1.30. The minimum absolute atomic E-state index is 0.276. The van der Waals surface area contributed by atoms with Crippen molar-refractivity contribution >= 4 is 11.0 Å². The quantitative estimate of drug-likeness (QED) is 0.772. The topological polar surface area (TPSA) is 87.3 Å². The third kappa shape index (κ3) is 2.11. The van der Waals surface area contributed by atoms with E-state index >= 15 is 0 Å². The minimum Gasteiger partial charge on any atom is -0.453 e. The summed E-state index contributed by atoms with van der Waals surface area (Å²) >= 11 is 0. The average Bonchev–Trinajstić information content (AvgIpc) is 3.06. The van der Waals surface area contributed by atoms with Gasteiger partial charge in [-0.2, -0.15) is 4.98 Å². The van der Waals surface area contributed by atoms with Gasteiger partial charge in [0.25, 0.3) is 5.89 Å². The molecule has 3 aromatic rings. The maximum atomic E-state index is 5.66. The molecule has 19 heavy (non-hydrogen) atoms. The fourth-order valence-corrected chi connectivity index (χ4v) is 1.86. The van der Waals surface area contributed by atoms with E-state index in [9.17, 15) is 0 Å². The van der Waals surface area contributed by atoms with E-state index < -0.39 is 6.10 Å². The lowest BCUT2D eigenvalue weighted by molar-refractivity contribution is 0.0804. The summed E-state index contributed by atoms with van der Waals surface area (Å²) < 4.78 is 15.9. The number of hydrogen-bond acceptors (Lipinski definition) is 6. The number of nitrogens with two attached hydrogens (primary N) is 1. The highest BCUT2D eigenvalue weighted by Gasteiger charge is 2.19. The molecular weight excluding hydrogens is 246 g/mol. The Balaban J connectivity index is 1.97. The van der Waals surface area contributed by atoms with Gasteiger partial charge in [-0.1, -0.05) is 23.4 Å². The van der Waals surface area contributed by atoms with E-state index in [4.69, 9.17) is 19.4 Å². The van der Waals surface area contributed by atoms with Crippen molar-refractivity contribution in [3.63, 3.8) is 0 Å². The first-order valence-electron chi connectivity index (χ1n) is 5.87.